The zero-order chi connectivity index (χ0) is 15.9. The molecule has 0 aromatic carbocycles. The molecule has 0 radical (unpaired) electrons. The summed E-state index contributed by atoms with van der Waals surface area (Å²) < 4.78 is 43.6. The molecule has 0 aliphatic rings. The molecule has 0 atom stereocenters. The van der Waals surface area contributed by atoms with Crippen LogP contribution in [-0.4, -0.2) is 38.8 Å². The fraction of sp³-hybridized carbons (Fsp3) is 0.538. The van der Waals surface area contributed by atoms with E-state index in [-0.39, 0.29) is 24.6 Å². The Hall–Kier alpha value is -2.01. The van der Waals surface area contributed by atoms with Crippen LogP contribution in [0.15, 0.2) is 12.1 Å². The monoisotopic (exact) mass is 302 g/mol. The largest absolute Gasteiger partial charge is 0.416 e. The summed E-state index contributed by atoms with van der Waals surface area (Å²) in [7, 11) is 3.00. The van der Waals surface area contributed by atoms with E-state index in [4.69, 9.17) is 10.00 Å². The number of nitrogens with zero attached hydrogens (tertiary/aromatic N) is 3. The number of nitriles is 1. The van der Waals surface area contributed by atoms with Crippen LogP contribution >= 0.6 is 0 Å². The Kier molecular flexibility index (Phi) is 6.24. The van der Waals surface area contributed by atoms with E-state index >= 15 is 0 Å². The average molecular weight is 302 g/mol. The van der Waals surface area contributed by atoms with Crippen molar-refractivity contribution in [3.05, 3.63) is 17.7 Å². The molecule has 1 heterocycles. The third-order valence-corrected chi connectivity index (χ3v) is 2.78. The van der Waals surface area contributed by atoms with Gasteiger partial charge in [-0.2, -0.15) is 18.4 Å². The molecule has 0 saturated heterocycles. The predicted octanol–water partition coefficient (Wildman–Crippen LogP) is 2.51. The highest BCUT2D eigenvalue weighted by atomic mass is 19.4. The van der Waals surface area contributed by atoms with Crippen LogP contribution in [0.1, 0.15) is 12.0 Å². The lowest BCUT2D eigenvalue weighted by molar-refractivity contribution is -0.137. The van der Waals surface area contributed by atoms with Gasteiger partial charge in [0.25, 0.3) is 0 Å². The van der Waals surface area contributed by atoms with Crippen molar-refractivity contribution in [1.82, 2.24) is 4.98 Å². The van der Waals surface area contributed by atoms with Crippen molar-refractivity contribution < 1.29 is 17.9 Å². The molecule has 0 unspecified atom stereocenters. The van der Waals surface area contributed by atoms with Gasteiger partial charge in [-0.05, 0) is 12.1 Å². The summed E-state index contributed by atoms with van der Waals surface area (Å²) in [6, 6.07) is 3.90. The number of hydrogen-bond donors (Lipinski definition) is 1. The third-order valence-electron chi connectivity index (χ3n) is 2.78. The molecular formula is C13H17F3N4O. The van der Waals surface area contributed by atoms with Crippen LogP contribution in [-0.2, 0) is 10.9 Å². The second-order valence-electron chi connectivity index (χ2n) is 4.23. The first-order chi connectivity index (χ1) is 9.92. The average Bonchev–Trinajstić information content (AvgIpc) is 2.46. The van der Waals surface area contributed by atoms with E-state index in [2.05, 4.69) is 10.3 Å². The van der Waals surface area contributed by atoms with Gasteiger partial charge in [0.2, 0.25) is 0 Å². The second kappa shape index (κ2) is 7.69. The lowest BCUT2D eigenvalue weighted by Gasteiger charge is -2.24. The summed E-state index contributed by atoms with van der Waals surface area (Å²) in [5.41, 5.74) is -0.781. The van der Waals surface area contributed by atoms with E-state index in [0.717, 1.165) is 12.1 Å². The van der Waals surface area contributed by atoms with Crippen LogP contribution in [0.4, 0.5) is 24.8 Å². The van der Waals surface area contributed by atoms with Crippen LogP contribution in [0.25, 0.3) is 0 Å². The molecule has 0 bridgehead atoms. The van der Waals surface area contributed by atoms with E-state index in [1.807, 2.05) is 6.07 Å². The number of aromatic nitrogens is 1. The van der Waals surface area contributed by atoms with E-state index in [0.29, 0.717) is 13.2 Å². The zero-order valence-corrected chi connectivity index (χ0v) is 11.9. The number of hydrogen-bond acceptors (Lipinski definition) is 5. The van der Waals surface area contributed by atoms with Crippen LogP contribution < -0.4 is 10.2 Å². The normalized spacial score (nSPS) is 11.0. The van der Waals surface area contributed by atoms with Crippen LogP contribution in [0.5, 0.6) is 0 Å². The van der Waals surface area contributed by atoms with Gasteiger partial charge >= 0.3 is 6.18 Å². The summed E-state index contributed by atoms with van der Waals surface area (Å²) >= 11 is 0. The molecule has 0 spiro atoms. The molecule has 1 aromatic rings. The Morgan fingerprint density at radius 2 is 2.10 bits per heavy atom. The molecule has 0 aliphatic carbocycles. The fourth-order valence-corrected chi connectivity index (χ4v) is 1.70. The van der Waals surface area contributed by atoms with Gasteiger partial charge < -0.3 is 15.0 Å². The van der Waals surface area contributed by atoms with E-state index in [1.165, 1.54) is 14.2 Å². The number of nitrogens with one attached hydrogen (secondary N) is 1. The minimum absolute atomic E-state index is 0.124. The maximum absolute atomic E-state index is 12.9. The number of anilines is 2. The molecule has 21 heavy (non-hydrogen) atoms. The van der Waals surface area contributed by atoms with Crippen LogP contribution in [0.3, 0.4) is 0 Å². The summed E-state index contributed by atoms with van der Waals surface area (Å²) in [5, 5.41) is 11.3. The number of ether oxygens (including phenoxy) is 1. The number of halogens is 3. The molecule has 0 fully saturated rings. The van der Waals surface area contributed by atoms with Crippen molar-refractivity contribution in [2.24, 2.45) is 0 Å². The first-order valence-corrected chi connectivity index (χ1v) is 6.30. The number of methoxy groups -OCH3 is 1. The topological polar surface area (TPSA) is 61.2 Å². The molecule has 1 aromatic heterocycles. The summed E-state index contributed by atoms with van der Waals surface area (Å²) in [4.78, 5) is 5.72. The molecule has 5 nitrogen and oxygen atoms in total. The maximum atomic E-state index is 12.9. The quantitative estimate of drug-likeness (QED) is 0.838. The molecule has 1 rings (SSSR count). The number of alkyl halides is 3. The Morgan fingerprint density at radius 1 is 1.38 bits per heavy atom. The highest BCUT2D eigenvalue weighted by molar-refractivity contribution is 5.51. The van der Waals surface area contributed by atoms with Gasteiger partial charge in [0.15, 0.2) is 0 Å². The first kappa shape index (κ1) is 17.0. The lowest BCUT2D eigenvalue weighted by Crippen LogP contribution is -2.29. The van der Waals surface area contributed by atoms with Gasteiger partial charge in [0, 0.05) is 27.2 Å². The van der Waals surface area contributed by atoms with Crippen molar-refractivity contribution in [1.29, 1.82) is 5.26 Å². The standard InChI is InChI=1S/C13H17F3N4O/c1-18-11-8-10(13(14,15)16)9-12(19-11)20(5-3-4-17)6-7-21-2/h8-9H,3,5-7H2,1-2H3,(H,18,19). The molecule has 0 saturated carbocycles. The summed E-state index contributed by atoms with van der Waals surface area (Å²) in [5.74, 6) is 0.292. The van der Waals surface area contributed by atoms with E-state index in [1.54, 1.807) is 4.90 Å². The van der Waals surface area contributed by atoms with Crippen LogP contribution in [0.2, 0.25) is 0 Å². The fourth-order valence-electron chi connectivity index (χ4n) is 1.70. The number of pyridine rings is 1. The molecule has 0 aliphatic heterocycles. The van der Waals surface area contributed by atoms with E-state index in [9.17, 15) is 13.2 Å². The second-order valence-corrected chi connectivity index (χ2v) is 4.23. The van der Waals surface area contributed by atoms with Crippen molar-refractivity contribution in [3.63, 3.8) is 0 Å². The van der Waals surface area contributed by atoms with Gasteiger partial charge in [0.1, 0.15) is 11.6 Å². The van der Waals surface area contributed by atoms with Crippen molar-refractivity contribution >= 4 is 11.6 Å². The van der Waals surface area contributed by atoms with Crippen LogP contribution in [0, 0.1) is 11.3 Å². The molecule has 116 valence electrons. The van der Waals surface area contributed by atoms with Crippen molar-refractivity contribution in [3.8, 4) is 6.07 Å². The minimum atomic E-state index is -4.45. The third kappa shape index (κ3) is 5.11. The van der Waals surface area contributed by atoms with E-state index < -0.39 is 11.7 Å². The molecular weight excluding hydrogens is 285 g/mol. The predicted molar refractivity (Wildman–Crippen MR) is 73.1 cm³/mol. The summed E-state index contributed by atoms with van der Waals surface area (Å²) in [6.45, 7) is 0.977. The lowest BCUT2D eigenvalue weighted by atomic mass is 10.2. The van der Waals surface area contributed by atoms with Gasteiger partial charge in [-0.15, -0.1) is 0 Å². The Balaban J connectivity index is 3.13. The Labute approximate surface area is 121 Å². The smallest absolute Gasteiger partial charge is 0.383 e. The highest BCUT2D eigenvalue weighted by Crippen LogP contribution is 2.32. The molecule has 8 heteroatoms. The Morgan fingerprint density at radius 3 is 2.62 bits per heavy atom. The molecule has 1 N–H and O–H groups in total. The zero-order valence-electron chi connectivity index (χ0n) is 11.9. The van der Waals surface area contributed by atoms with Gasteiger partial charge in [0.05, 0.1) is 24.7 Å². The van der Waals surface area contributed by atoms with Crippen molar-refractivity contribution in [2.45, 2.75) is 12.6 Å². The maximum Gasteiger partial charge on any atom is 0.416 e. The summed E-state index contributed by atoms with van der Waals surface area (Å²) in [6.07, 6.45) is -4.26. The van der Waals surface area contributed by atoms with Gasteiger partial charge in [-0.25, -0.2) is 4.98 Å². The SMILES string of the molecule is CNc1cc(C(F)(F)F)cc(N(CCC#N)CCOC)n1. The first-order valence-electron chi connectivity index (χ1n) is 6.30. The van der Waals surface area contributed by atoms with Gasteiger partial charge in [-0.3, -0.25) is 0 Å². The van der Waals surface area contributed by atoms with Crippen molar-refractivity contribution in [2.75, 3.05) is 44.1 Å². The van der Waals surface area contributed by atoms with Gasteiger partial charge in [-0.1, -0.05) is 0 Å². The minimum Gasteiger partial charge on any atom is -0.383 e. The highest BCUT2D eigenvalue weighted by Gasteiger charge is 2.32. The Bertz CT molecular complexity index is 499. The molecule has 0 amide bonds. The number of rotatable bonds is 7.